The lowest BCUT2D eigenvalue weighted by Gasteiger charge is -2.43. The predicted molar refractivity (Wildman–Crippen MR) is 151 cm³/mol. The summed E-state index contributed by atoms with van der Waals surface area (Å²) in [6.07, 6.45) is 25.0. The second-order valence-corrected chi connectivity index (χ2v) is 13.0. The van der Waals surface area contributed by atoms with Crippen LogP contribution in [0.3, 0.4) is 0 Å². The summed E-state index contributed by atoms with van der Waals surface area (Å²) in [4.78, 5) is 0. The Kier molecular flexibility index (Phi) is 11.6. The summed E-state index contributed by atoms with van der Waals surface area (Å²) in [7, 11) is 0. The Hall–Kier alpha value is -1.12. The van der Waals surface area contributed by atoms with Gasteiger partial charge in [-0.3, -0.25) is 0 Å². The van der Waals surface area contributed by atoms with Crippen molar-refractivity contribution < 1.29 is 13.5 Å². The van der Waals surface area contributed by atoms with E-state index in [1.54, 1.807) is 12.1 Å². The lowest BCUT2D eigenvalue weighted by Crippen LogP contribution is -2.31. The molecule has 0 aliphatic heterocycles. The van der Waals surface area contributed by atoms with Crippen molar-refractivity contribution in [3.63, 3.8) is 0 Å². The van der Waals surface area contributed by atoms with E-state index >= 15 is 0 Å². The standard InChI is InChI=1S/C34H54F2O/c1-3-5-7-8-9-25-10-12-26(13-11-25)14-15-27-16-17-29-24-30(19-18-28(29)23-27)31-20-21-32(34(36)33(31)35)37-22-6-4-2/h20-21,25-30H,3-19,22-24H2,1-2H3. The largest absolute Gasteiger partial charge is 0.490 e. The zero-order valence-electron chi connectivity index (χ0n) is 23.9. The van der Waals surface area contributed by atoms with Crippen LogP contribution in [-0.2, 0) is 0 Å². The Labute approximate surface area is 226 Å². The lowest BCUT2D eigenvalue weighted by atomic mass is 9.63. The van der Waals surface area contributed by atoms with Gasteiger partial charge in [-0.05, 0) is 85.7 Å². The first-order valence-corrected chi connectivity index (χ1v) is 16.2. The normalized spacial score (nSPS) is 30.2. The molecule has 0 aromatic heterocycles. The molecule has 3 aliphatic carbocycles. The van der Waals surface area contributed by atoms with Crippen LogP contribution in [0.2, 0.25) is 0 Å². The number of halogens is 2. The van der Waals surface area contributed by atoms with Gasteiger partial charge in [-0.1, -0.05) is 103 Å². The van der Waals surface area contributed by atoms with Gasteiger partial charge < -0.3 is 4.74 Å². The number of rotatable bonds is 13. The molecule has 3 fully saturated rings. The molecule has 1 aromatic carbocycles. The van der Waals surface area contributed by atoms with Gasteiger partial charge in [0.05, 0.1) is 6.61 Å². The van der Waals surface area contributed by atoms with Crippen molar-refractivity contribution in [3.8, 4) is 5.75 Å². The van der Waals surface area contributed by atoms with Crippen LogP contribution >= 0.6 is 0 Å². The SMILES string of the molecule is CCCCCCC1CCC(CCC2CCC3CC(c4ccc(OCCCC)c(F)c4F)CCC3C2)CC1. The minimum Gasteiger partial charge on any atom is -0.490 e. The number of benzene rings is 1. The van der Waals surface area contributed by atoms with Crippen LogP contribution in [0, 0.1) is 41.2 Å². The third kappa shape index (κ3) is 8.18. The van der Waals surface area contributed by atoms with Gasteiger partial charge >= 0.3 is 0 Å². The van der Waals surface area contributed by atoms with Crippen molar-refractivity contribution in [1.29, 1.82) is 0 Å². The van der Waals surface area contributed by atoms with E-state index in [4.69, 9.17) is 4.74 Å². The molecule has 0 N–H and O–H groups in total. The van der Waals surface area contributed by atoms with Crippen molar-refractivity contribution in [2.45, 2.75) is 142 Å². The van der Waals surface area contributed by atoms with Gasteiger partial charge in [0.1, 0.15) is 0 Å². The first-order chi connectivity index (χ1) is 18.1. The molecule has 1 nitrogen and oxygen atoms in total. The summed E-state index contributed by atoms with van der Waals surface area (Å²) in [5.74, 6) is 3.18. The molecule has 0 radical (unpaired) electrons. The molecule has 3 aliphatic rings. The molecule has 0 heterocycles. The summed E-state index contributed by atoms with van der Waals surface area (Å²) in [5, 5.41) is 0. The molecule has 0 spiro atoms. The first kappa shape index (κ1) is 28.9. The van der Waals surface area contributed by atoms with E-state index in [2.05, 4.69) is 13.8 Å². The molecule has 4 unspecified atom stereocenters. The van der Waals surface area contributed by atoms with Gasteiger partial charge in [-0.2, -0.15) is 4.39 Å². The van der Waals surface area contributed by atoms with Crippen LogP contribution in [-0.4, -0.2) is 6.61 Å². The molecule has 37 heavy (non-hydrogen) atoms. The second kappa shape index (κ2) is 14.9. The maximum absolute atomic E-state index is 15.0. The minimum atomic E-state index is -0.787. The molecule has 4 rings (SSSR count). The highest BCUT2D eigenvalue weighted by Gasteiger charge is 2.37. The summed E-state index contributed by atoms with van der Waals surface area (Å²) in [6, 6.07) is 3.46. The quantitative estimate of drug-likeness (QED) is 0.237. The summed E-state index contributed by atoms with van der Waals surface area (Å²) in [6.45, 7) is 4.81. The highest BCUT2D eigenvalue weighted by atomic mass is 19.2. The third-order valence-corrected chi connectivity index (χ3v) is 10.4. The smallest absolute Gasteiger partial charge is 0.200 e. The zero-order chi connectivity index (χ0) is 26.0. The number of hydrogen-bond donors (Lipinski definition) is 0. The minimum absolute atomic E-state index is 0.0735. The van der Waals surface area contributed by atoms with Crippen molar-refractivity contribution in [2.24, 2.45) is 29.6 Å². The van der Waals surface area contributed by atoms with Crippen LogP contribution in [0.4, 0.5) is 8.78 Å². The monoisotopic (exact) mass is 516 g/mol. The van der Waals surface area contributed by atoms with E-state index in [0.29, 0.717) is 18.1 Å². The molecule has 0 amide bonds. The molecule has 3 heteroatoms. The van der Waals surface area contributed by atoms with Crippen LogP contribution in [0.25, 0.3) is 0 Å². The molecule has 3 saturated carbocycles. The zero-order valence-corrected chi connectivity index (χ0v) is 23.9. The first-order valence-electron chi connectivity index (χ1n) is 16.2. The number of hydrogen-bond acceptors (Lipinski definition) is 1. The predicted octanol–water partition coefficient (Wildman–Crippen LogP) is 11.0. The Morgan fingerprint density at radius 2 is 1.30 bits per heavy atom. The molecule has 0 saturated heterocycles. The van der Waals surface area contributed by atoms with Gasteiger partial charge in [0, 0.05) is 0 Å². The van der Waals surface area contributed by atoms with Gasteiger partial charge in [-0.25, -0.2) is 4.39 Å². The fraction of sp³-hybridized carbons (Fsp3) is 0.824. The lowest BCUT2D eigenvalue weighted by molar-refractivity contribution is 0.107. The van der Waals surface area contributed by atoms with E-state index in [1.165, 1.54) is 96.3 Å². The fourth-order valence-electron chi connectivity index (χ4n) is 7.97. The topological polar surface area (TPSA) is 9.23 Å². The average molecular weight is 517 g/mol. The summed E-state index contributed by atoms with van der Waals surface area (Å²) >= 11 is 0. The Bertz CT molecular complexity index is 799. The van der Waals surface area contributed by atoms with Gasteiger partial charge in [0.15, 0.2) is 11.6 Å². The van der Waals surface area contributed by atoms with E-state index in [0.717, 1.165) is 49.4 Å². The Balaban J connectivity index is 1.18. The maximum atomic E-state index is 15.0. The number of ether oxygens (including phenoxy) is 1. The number of fused-ring (bicyclic) bond motifs is 1. The van der Waals surface area contributed by atoms with Gasteiger partial charge in [0.2, 0.25) is 5.82 Å². The maximum Gasteiger partial charge on any atom is 0.200 e. The van der Waals surface area contributed by atoms with E-state index in [9.17, 15) is 8.78 Å². The molecule has 210 valence electrons. The molecular formula is C34H54F2O. The molecule has 1 aromatic rings. The van der Waals surface area contributed by atoms with Gasteiger partial charge in [0.25, 0.3) is 0 Å². The van der Waals surface area contributed by atoms with Crippen molar-refractivity contribution in [3.05, 3.63) is 29.3 Å². The summed E-state index contributed by atoms with van der Waals surface area (Å²) in [5.41, 5.74) is 0.585. The van der Waals surface area contributed by atoms with E-state index in [1.807, 2.05) is 0 Å². The van der Waals surface area contributed by atoms with E-state index < -0.39 is 11.6 Å². The van der Waals surface area contributed by atoms with E-state index in [-0.39, 0.29) is 11.7 Å². The van der Waals surface area contributed by atoms with Crippen LogP contribution in [0.15, 0.2) is 12.1 Å². The van der Waals surface area contributed by atoms with Crippen LogP contribution in [0.1, 0.15) is 147 Å². The molecule has 0 bridgehead atoms. The summed E-state index contributed by atoms with van der Waals surface area (Å²) < 4.78 is 35.1. The Morgan fingerprint density at radius 1 is 0.649 bits per heavy atom. The highest BCUT2D eigenvalue weighted by Crippen LogP contribution is 2.49. The van der Waals surface area contributed by atoms with Crippen molar-refractivity contribution >= 4 is 0 Å². The molecule has 4 atom stereocenters. The Morgan fingerprint density at radius 3 is 2.05 bits per heavy atom. The fourth-order valence-corrected chi connectivity index (χ4v) is 7.97. The molecular weight excluding hydrogens is 462 g/mol. The highest BCUT2D eigenvalue weighted by molar-refractivity contribution is 5.33. The van der Waals surface area contributed by atoms with Gasteiger partial charge in [-0.15, -0.1) is 0 Å². The third-order valence-electron chi connectivity index (χ3n) is 10.4. The average Bonchev–Trinajstić information content (AvgIpc) is 2.93. The van der Waals surface area contributed by atoms with Crippen molar-refractivity contribution in [2.75, 3.05) is 6.61 Å². The van der Waals surface area contributed by atoms with Crippen LogP contribution < -0.4 is 4.74 Å². The van der Waals surface area contributed by atoms with Crippen molar-refractivity contribution in [1.82, 2.24) is 0 Å². The number of unbranched alkanes of at least 4 members (excludes halogenated alkanes) is 4. The van der Waals surface area contributed by atoms with Crippen LogP contribution in [0.5, 0.6) is 5.75 Å². The second-order valence-electron chi connectivity index (χ2n) is 13.0.